The summed E-state index contributed by atoms with van der Waals surface area (Å²) in [6.45, 7) is 0. The van der Waals surface area contributed by atoms with Gasteiger partial charge in [-0.15, -0.1) is 0 Å². The number of halogens is 1. The smallest absolute Gasteiger partial charge is 0.123 e. The van der Waals surface area contributed by atoms with Crippen LogP contribution in [0.1, 0.15) is 24.8 Å². The minimum Gasteiger partial charge on any atom is -0.489 e. The first kappa shape index (κ1) is 10.8. The number of hydrogen-bond acceptors (Lipinski definition) is 2. The molecule has 0 saturated carbocycles. The van der Waals surface area contributed by atoms with Crippen LogP contribution < -0.4 is 4.74 Å². The lowest BCUT2D eigenvalue weighted by Crippen LogP contribution is -2.13. The molecule has 0 amide bonds. The lowest BCUT2D eigenvalue weighted by atomic mass is 10.0. The van der Waals surface area contributed by atoms with Crippen molar-refractivity contribution in [3.05, 3.63) is 41.2 Å². The molecule has 0 fully saturated rings. The maximum absolute atomic E-state index is 13.0. The highest BCUT2D eigenvalue weighted by molar-refractivity contribution is 5.38. The number of fused-ring (bicyclic) bond motifs is 1. The molecule has 90 valence electrons. The summed E-state index contributed by atoms with van der Waals surface area (Å²) in [6.07, 6.45) is 5.12. The first-order chi connectivity index (χ1) is 8.20. The van der Waals surface area contributed by atoms with Crippen LogP contribution in [0.3, 0.4) is 0 Å². The molecule has 2 nitrogen and oxygen atoms in total. The number of aliphatic hydroxyl groups is 1. The number of benzene rings is 1. The van der Waals surface area contributed by atoms with Crippen molar-refractivity contribution >= 4 is 0 Å². The zero-order chi connectivity index (χ0) is 11.8. The van der Waals surface area contributed by atoms with Gasteiger partial charge in [-0.25, -0.2) is 4.39 Å². The lowest BCUT2D eigenvalue weighted by Gasteiger charge is -2.10. The SMILES string of the molecule is OC1C=C(CC2Cc3cc(F)ccc3O2)CC1. The molecule has 0 radical (unpaired) electrons. The molecule has 1 heterocycles. The highest BCUT2D eigenvalue weighted by Gasteiger charge is 2.25. The topological polar surface area (TPSA) is 29.5 Å². The van der Waals surface area contributed by atoms with E-state index in [1.807, 2.05) is 6.08 Å². The molecule has 0 saturated heterocycles. The Balaban J connectivity index is 1.68. The van der Waals surface area contributed by atoms with Gasteiger partial charge in [-0.05, 0) is 31.0 Å². The van der Waals surface area contributed by atoms with Gasteiger partial charge in [0, 0.05) is 18.4 Å². The molecule has 1 aromatic carbocycles. The van der Waals surface area contributed by atoms with Crippen molar-refractivity contribution < 1.29 is 14.2 Å². The van der Waals surface area contributed by atoms with Gasteiger partial charge in [0.2, 0.25) is 0 Å². The predicted molar refractivity (Wildman–Crippen MR) is 62.5 cm³/mol. The molecule has 0 aromatic heterocycles. The van der Waals surface area contributed by atoms with E-state index in [-0.39, 0.29) is 18.0 Å². The van der Waals surface area contributed by atoms with E-state index in [9.17, 15) is 9.50 Å². The van der Waals surface area contributed by atoms with Gasteiger partial charge in [-0.1, -0.05) is 11.6 Å². The van der Waals surface area contributed by atoms with Crippen molar-refractivity contribution in [2.24, 2.45) is 0 Å². The zero-order valence-electron chi connectivity index (χ0n) is 9.53. The van der Waals surface area contributed by atoms with Crippen LogP contribution in [0.25, 0.3) is 0 Å². The van der Waals surface area contributed by atoms with Crippen LogP contribution >= 0.6 is 0 Å². The fourth-order valence-corrected chi connectivity index (χ4v) is 2.64. The van der Waals surface area contributed by atoms with Gasteiger partial charge in [0.25, 0.3) is 0 Å². The normalized spacial score (nSPS) is 26.6. The molecule has 0 spiro atoms. The molecule has 2 unspecified atom stereocenters. The van der Waals surface area contributed by atoms with Gasteiger partial charge in [0.1, 0.15) is 17.7 Å². The highest BCUT2D eigenvalue weighted by Crippen LogP contribution is 2.33. The van der Waals surface area contributed by atoms with Gasteiger partial charge >= 0.3 is 0 Å². The van der Waals surface area contributed by atoms with E-state index in [1.54, 1.807) is 12.1 Å². The van der Waals surface area contributed by atoms with E-state index in [0.717, 1.165) is 37.0 Å². The highest BCUT2D eigenvalue weighted by atomic mass is 19.1. The number of ether oxygens (including phenoxy) is 1. The van der Waals surface area contributed by atoms with Crippen LogP contribution in [0.5, 0.6) is 5.75 Å². The molecule has 2 atom stereocenters. The molecule has 1 aliphatic carbocycles. The third-order valence-electron chi connectivity index (χ3n) is 3.44. The molecule has 3 heteroatoms. The van der Waals surface area contributed by atoms with Crippen molar-refractivity contribution in [3.8, 4) is 5.75 Å². The van der Waals surface area contributed by atoms with Crippen LogP contribution in [-0.2, 0) is 6.42 Å². The second-order valence-electron chi connectivity index (χ2n) is 4.83. The molecule has 1 aromatic rings. The van der Waals surface area contributed by atoms with Crippen LogP contribution in [0, 0.1) is 5.82 Å². The number of hydrogen-bond donors (Lipinski definition) is 1. The summed E-state index contributed by atoms with van der Waals surface area (Å²) in [5.41, 5.74) is 2.21. The Bertz CT molecular complexity index is 467. The summed E-state index contributed by atoms with van der Waals surface area (Å²) < 4.78 is 18.8. The van der Waals surface area contributed by atoms with E-state index >= 15 is 0 Å². The molecule has 0 bridgehead atoms. The average molecular weight is 234 g/mol. The van der Waals surface area contributed by atoms with E-state index in [4.69, 9.17) is 4.74 Å². The summed E-state index contributed by atoms with van der Waals surface area (Å²) in [5.74, 6) is 0.596. The quantitative estimate of drug-likeness (QED) is 0.797. The Morgan fingerprint density at radius 2 is 2.29 bits per heavy atom. The molecule has 1 N–H and O–H groups in total. The predicted octanol–water partition coefficient (Wildman–Crippen LogP) is 2.60. The van der Waals surface area contributed by atoms with Crippen LogP contribution in [0.2, 0.25) is 0 Å². The molecular weight excluding hydrogens is 219 g/mol. The molecular formula is C14H15FO2. The summed E-state index contributed by atoms with van der Waals surface area (Å²) in [4.78, 5) is 0. The lowest BCUT2D eigenvalue weighted by molar-refractivity contribution is 0.223. The first-order valence-electron chi connectivity index (χ1n) is 6.03. The second kappa shape index (κ2) is 4.15. The van der Waals surface area contributed by atoms with Crippen molar-refractivity contribution in [3.63, 3.8) is 0 Å². The Morgan fingerprint density at radius 3 is 3.06 bits per heavy atom. The summed E-state index contributed by atoms with van der Waals surface area (Å²) in [6, 6.07) is 4.68. The van der Waals surface area contributed by atoms with Gasteiger partial charge in [0.05, 0.1) is 6.10 Å². The summed E-state index contributed by atoms with van der Waals surface area (Å²) in [7, 11) is 0. The Morgan fingerprint density at radius 1 is 1.41 bits per heavy atom. The third-order valence-corrected chi connectivity index (χ3v) is 3.44. The van der Waals surface area contributed by atoms with Crippen molar-refractivity contribution in [1.29, 1.82) is 0 Å². The first-order valence-corrected chi connectivity index (χ1v) is 6.03. The molecule has 17 heavy (non-hydrogen) atoms. The fraction of sp³-hybridized carbons (Fsp3) is 0.429. The minimum atomic E-state index is -0.286. The van der Waals surface area contributed by atoms with Crippen molar-refractivity contribution in [2.75, 3.05) is 0 Å². The van der Waals surface area contributed by atoms with Crippen molar-refractivity contribution in [1.82, 2.24) is 0 Å². The minimum absolute atomic E-state index is 0.100. The average Bonchev–Trinajstić information content (AvgIpc) is 2.84. The standard InChI is InChI=1S/C14H15FO2/c15-11-2-4-14-10(7-11)8-13(17-14)6-9-1-3-12(16)5-9/h2,4-5,7,12-13,16H,1,3,6,8H2. The van der Waals surface area contributed by atoms with Crippen LogP contribution in [0.15, 0.2) is 29.8 Å². The van der Waals surface area contributed by atoms with E-state index in [1.165, 1.54) is 11.6 Å². The molecule has 2 aliphatic rings. The Hall–Kier alpha value is -1.35. The van der Waals surface area contributed by atoms with E-state index in [0.29, 0.717) is 0 Å². The third kappa shape index (κ3) is 2.20. The van der Waals surface area contributed by atoms with Gasteiger partial charge in [0.15, 0.2) is 0 Å². The fourth-order valence-electron chi connectivity index (χ4n) is 2.64. The van der Waals surface area contributed by atoms with Gasteiger partial charge < -0.3 is 9.84 Å². The van der Waals surface area contributed by atoms with Gasteiger partial charge in [-0.2, -0.15) is 0 Å². The monoisotopic (exact) mass is 234 g/mol. The molecule has 3 rings (SSSR count). The summed E-state index contributed by atoms with van der Waals surface area (Å²) >= 11 is 0. The summed E-state index contributed by atoms with van der Waals surface area (Å²) in [5, 5.41) is 9.42. The van der Waals surface area contributed by atoms with Crippen LogP contribution in [0.4, 0.5) is 4.39 Å². The number of aliphatic hydroxyl groups excluding tert-OH is 1. The number of rotatable bonds is 2. The second-order valence-corrected chi connectivity index (χ2v) is 4.83. The zero-order valence-corrected chi connectivity index (χ0v) is 9.53. The van der Waals surface area contributed by atoms with Gasteiger partial charge in [-0.3, -0.25) is 0 Å². The Labute approximate surface area is 99.7 Å². The maximum atomic E-state index is 13.0. The Kier molecular flexibility index (Phi) is 2.63. The molecule has 1 aliphatic heterocycles. The maximum Gasteiger partial charge on any atom is 0.123 e. The van der Waals surface area contributed by atoms with E-state index in [2.05, 4.69) is 0 Å². The van der Waals surface area contributed by atoms with Crippen molar-refractivity contribution in [2.45, 2.75) is 37.9 Å². The van der Waals surface area contributed by atoms with Crippen LogP contribution in [-0.4, -0.2) is 17.3 Å². The van der Waals surface area contributed by atoms with E-state index < -0.39 is 0 Å². The largest absolute Gasteiger partial charge is 0.489 e.